The molecule has 4 heteroatoms. The highest BCUT2D eigenvalue weighted by Crippen LogP contribution is 2.18. The van der Waals surface area contributed by atoms with E-state index in [1.54, 1.807) is 19.2 Å². The van der Waals surface area contributed by atoms with E-state index >= 15 is 0 Å². The van der Waals surface area contributed by atoms with E-state index in [4.69, 9.17) is 21.1 Å². The van der Waals surface area contributed by atoms with E-state index in [0.717, 1.165) is 12.8 Å². The average Bonchev–Trinajstić information content (AvgIpc) is 2.39. The van der Waals surface area contributed by atoms with E-state index in [2.05, 4.69) is 11.8 Å². The zero-order valence-electron chi connectivity index (χ0n) is 10.3. The number of ether oxygens (including phenoxy) is 2. The molecule has 0 bridgehead atoms. The summed E-state index contributed by atoms with van der Waals surface area (Å²) >= 11 is 5.46. The summed E-state index contributed by atoms with van der Waals surface area (Å²) in [5.74, 6) is 5.65. The van der Waals surface area contributed by atoms with Gasteiger partial charge in [-0.25, -0.2) is 4.39 Å². The first-order valence-corrected chi connectivity index (χ1v) is 6.27. The molecule has 0 aliphatic rings. The van der Waals surface area contributed by atoms with Gasteiger partial charge in [0.2, 0.25) is 0 Å². The van der Waals surface area contributed by atoms with E-state index in [1.807, 2.05) is 0 Å². The van der Waals surface area contributed by atoms with Crippen molar-refractivity contribution in [2.75, 3.05) is 26.2 Å². The number of methoxy groups -OCH3 is 1. The minimum Gasteiger partial charge on any atom is -0.490 e. The molecule has 0 amide bonds. The van der Waals surface area contributed by atoms with E-state index in [9.17, 15) is 4.39 Å². The summed E-state index contributed by atoms with van der Waals surface area (Å²) in [5.41, 5.74) is 0.698. The van der Waals surface area contributed by atoms with Crippen molar-refractivity contribution in [3.05, 3.63) is 29.6 Å². The molecule has 0 heterocycles. The van der Waals surface area contributed by atoms with Crippen LogP contribution in [0.15, 0.2) is 18.2 Å². The Balaban J connectivity index is 2.53. The van der Waals surface area contributed by atoms with Gasteiger partial charge in [0.1, 0.15) is 0 Å². The topological polar surface area (TPSA) is 18.5 Å². The summed E-state index contributed by atoms with van der Waals surface area (Å²) in [6.45, 7) is 1.15. The number of alkyl halides is 1. The van der Waals surface area contributed by atoms with Gasteiger partial charge in [-0.2, -0.15) is 0 Å². The Labute approximate surface area is 112 Å². The van der Waals surface area contributed by atoms with Crippen molar-refractivity contribution in [2.24, 2.45) is 0 Å². The van der Waals surface area contributed by atoms with Crippen molar-refractivity contribution in [1.29, 1.82) is 0 Å². The molecule has 18 heavy (non-hydrogen) atoms. The highest BCUT2D eigenvalue weighted by Gasteiger charge is 2.03. The lowest BCUT2D eigenvalue weighted by Crippen LogP contribution is -2.01. The van der Waals surface area contributed by atoms with E-state index < -0.39 is 0 Å². The zero-order chi connectivity index (χ0) is 13.2. The molecular formula is C14H16ClFO2. The van der Waals surface area contributed by atoms with Crippen LogP contribution in [0.1, 0.15) is 18.4 Å². The smallest absolute Gasteiger partial charge is 0.165 e. The standard InChI is InChI=1S/C14H16ClFO2/c1-17-9-2-3-10-18-14-11-12(5-4-8-15)6-7-13(14)16/h6-7,11H,2-3,8-10H2,1H3. The second-order valence-electron chi connectivity index (χ2n) is 3.63. The quantitative estimate of drug-likeness (QED) is 0.449. The van der Waals surface area contributed by atoms with Crippen molar-refractivity contribution < 1.29 is 13.9 Å². The van der Waals surface area contributed by atoms with Crippen LogP contribution >= 0.6 is 11.6 Å². The molecule has 1 aromatic rings. The maximum Gasteiger partial charge on any atom is 0.165 e. The predicted octanol–water partition coefficient (Wildman–Crippen LogP) is 3.22. The van der Waals surface area contributed by atoms with Gasteiger partial charge in [0, 0.05) is 19.3 Å². The fraction of sp³-hybridized carbons (Fsp3) is 0.429. The summed E-state index contributed by atoms with van der Waals surface area (Å²) in [7, 11) is 1.65. The second kappa shape index (κ2) is 8.79. The Kier molecular flexibility index (Phi) is 7.24. The maximum absolute atomic E-state index is 13.4. The maximum atomic E-state index is 13.4. The van der Waals surface area contributed by atoms with Gasteiger partial charge >= 0.3 is 0 Å². The minimum atomic E-state index is -0.377. The fourth-order valence-corrected chi connectivity index (χ4v) is 1.42. The van der Waals surface area contributed by atoms with Crippen molar-refractivity contribution in [1.82, 2.24) is 0 Å². The van der Waals surface area contributed by atoms with Crippen LogP contribution in [0.2, 0.25) is 0 Å². The molecule has 0 aliphatic carbocycles. The molecule has 0 spiro atoms. The number of rotatable bonds is 6. The average molecular weight is 271 g/mol. The summed E-state index contributed by atoms with van der Waals surface area (Å²) in [6.07, 6.45) is 1.72. The minimum absolute atomic E-state index is 0.230. The van der Waals surface area contributed by atoms with Crippen molar-refractivity contribution in [2.45, 2.75) is 12.8 Å². The normalized spacial score (nSPS) is 9.72. The number of benzene rings is 1. The molecule has 1 aromatic carbocycles. The van der Waals surface area contributed by atoms with Crippen LogP contribution in [-0.4, -0.2) is 26.2 Å². The van der Waals surface area contributed by atoms with Gasteiger partial charge < -0.3 is 9.47 Å². The molecule has 0 unspecified atom stereocenters. The van der Waals surface area contributed by atoms with Gasteiger partial charge in [-0.1, -0.05) is 11.8 Å². The van der Waals surface area contributed by atoms with Gasteiger partial charge in [0.25, 0.3) is 0 Å². The third-order valence-electron chi connectivity index (χ3n) is 2.23. The lowest BCUT2D eigenvalue weighted by Gasteiger charge is -2.07. The van der Waals surface area contributed by atoms with Crippen LogP contribution in [0.25, 0.3) is 0 Å². The molecule has 0 aliphatic heterocycles. The van der Waals surface area contributed by atoms with Crippen molar-refractivity contribution in [3.8, 4) is 17.6 Å². The Bertz CT molecular complexity index is 424. The molecule has 98 valence electrons. The molecule has 2 nitrogen and oxygen atoms in total. The molecule has 0 atom stereocenters. The van der Waals surface area contributed by atoms with Gasteiger partial charge in [0.05, 0.1) is 12.5 Å². The molecule has 0 fully saturated rings. The SMILES string of the molecule is COCCCCOc1cc(C#CCCl)ccc1F. The van der Waals surface area contributed by atoms with Gasteiger partial charge in [-0.3, -0.25) is 0 Å². The fourth-order valence-electron chi connectivity index (χ4n) is 1.36. The van der Waals surface area contributed by atoms with E-state index in [1.165, 1.54) is 6.07 Å². The Morgan fingerprint density at radius 3 is 2.78 bits per heavy atom. The second-order valence-corrected chi connectivity index (χ2v) is 3.90. The number of halogens is 2. The monoisotopic (exact) mass is 270 g/mol. The first-order valence-electron chi connectivity index (χ1n) is 5.74. The first-order chi connectivity index (χ1) is 8.77. The zero-order valence-corrected chi connectivity index (χ0v) is 11.1. The van der Waals surface area contributed by atoms with Crippen LogP contribution in [0, 0.1) is 17.7 Å². The van der Waals surface area contributed by atoms with Gasteiger partial charge in [-0.15, -0.1) is 11.6 Å². The van der Waals surface area contributed by atoms with Crippen molar-refractivity contribution in [3.63, 3.8) is 0 Å². The molecule has 0 saturated heterocycles. The summed E-state index contributed by atoms with van der Waals surface area (Å²) < 4.78 is 23.7. The molecule has 0 aromatic heterocycles. The van der Waals surface area contributed by atoms with Crippen LogP contribution < -0.4 is 4.74 Å². The van der Waals surface area contributed by atoms with Crippen LogP contribution in [0.5, 0.6) is 5.75 Å². The van der Waals surface area contributed by atoms with Crippen molar-refractivity contribution >= 4 is 11.6 Å². The van der Waals surface area contributed by atoms with Gasteiger partial charge in [-0.05, 0) is 31.0 Å². The lowest BCUT2D eigenvalue weighted by molar-refractivity contribution is 0.183. The third-order valence-corrected chi connectivity index (χ3v) is 2.36. The number of hydrogen-bond donors (Lipinski definition) is 0. The Morgan fingerprint density at radius 1 is 1.28 bits per heavy atom. The van der Waals surface area contributed by atoms with Crippen LogP contribution in [0.3, 0.4) is 0 Å². The lowest BCUT2D eigenvalue weighted by atomic mass is 10.2. The predicted molar refractivity (Wildman–Crippen MR) is 70.6 cm³/mol. The number of hydrogen-bond acceptors (Lipinski definition) is 2. The first kappa shape index (κ1) is 14.8. The van der Waals surface area contributed by atoms with Crippen LogP contribution in [0.4, 0.5) is 4.39 Å². The van der Waals surface area contributed by atoms with Gasteiger partial charge in [0.15, 0.2) is 11.6 Å². The molecule has 0 radical (unpaired) electrons. The summed E-state index contributed by atoms with van der Waals surface area (Å²) in [6, 6.07) is 4.54. The highest BCUT2D eigenvalue weighted by molar-refractivity contribution is 6.19. The summed E-state index contributed by atoms with van der Waals surface area (Å²) in [5, 5.41) is 0. The highest BCUT2D eigenvalue weighted by atomic mass is 35.5. The van der Waals surface area contributed by atoms with Crippen LogP contribution in [-0.2, 0) is 4.74 Å². The van der Waals surface area contributed by atoms with E-state index in [0.29, 0.717) is 18.8 Å². The molecule has 0 saturated carbocycles. The molecule has 0 N–H and O–H groups in total. The Hall–Kier alpha value is -1.24. The third kappa shape index (κ3) is 5.39. The van der Waals surface area contributed by atoms with E-state index in [-0.39, 0.29) is 17.4 Å². The largest absolute Gasteiger partial charge is 0.490 e. The summed E-state index contributed by atoms with van der Waals surface area (Å²) in [4.78, 5) is 0. The Morgan fingerprint density at radius 2 is 2.06 bits per heavy atom. The molecule has 1 rings (SSSR count). The number of unbranched alkanes of at least 4 members (excludes halogenated alkanes) is 1. The molecular weight excluding hydrogens is 255 g/mol.